The minimum absolute atomic E-state index is 0.244. The molecule has 0 radical (unpaired) electrons. The molecule has 1 aromatic rings. The number of rotatable bonds is 4. The SMILES string of the molecule is CN1CCCC1c1ccc(OCCC(F)(F)F)nc1. The van der Waals surface area contributed by atoms with Crippen LogP contribution in [0.25, 0.3) is 0 Å². The van der Waals surface area contributed by atoms with Crippen LogP contribution in [0.3, 0.4) is 0 Å². The number of ether oxygens (including phenoxy) is 1. The topological polar surface area (TPSA) is 25.4 Å². The van der Waals surface area contributed by atoms with Crippen molar-refractivity contribution in [1.29, 1.82) is 0 Å². The first-order valence-corrected chi connectivity index (χ1v) is 6.31. The van der Waals surface area contributed by atoms with Gasteiger partial charge in [0.15, 0.2) is 0 Å². The van der Waals surface area contributed by atoms with Crippen molar-refractivity contribution in [3.63, 3.8) is 0 Å². The highest BCUT2D eigenvalue weighted by Gasteiger charge is 2.27. The maximum atomic E-state index is 12.0. The van der Waals surface area contributed by atoms with E-state index in [0.717, 1.165) is 24.9 Å². The number of aromatic nitrogens is 1. The smallest absolute Gasteiger partial charge is 0.392 e. The van der Waals surface area contributed by atoms with Gasteiger partial charge in [-0.2, -0.15) is 13.2 Å². The van der Waals surface area contributed by atoms with Gasteiger partial charge in [-0.25, -0.2) is 4.98 Å². The van der Waals surface area contributed by atoms with Crippen molar-refractivity contribution in [2.75, 3.05) is 20.2 Å². The zero-order chi connectivity index (χ0) is 13.9. The number of hydrogen-bond acceptors (Lipinski definition) is 3. The summed E-state index contributed by atoms with van der Waals surface area (Å²) in [6.45, 7) is 0.674. The molecule has 0 saturated carbocycles. The minimum atomic E-state index is -4.19. The third kappa shape index (κ3) is 4.09. The standard InChI is InChI=1S/C13H17F3N2O/c1-18-7-2-3-11(18)10-4-5-12(17-9-10)19-8-6-13(14,15)16/h4-5,9,11H,2-3,6-8H2,1H3. The molecule has 0 amide bonds. The molecule has 0 aromatic carbocycles. The highest BCUT2D eigenvalue weighted by atomic mass is 19.4. The van der Waals surface area contributed by atoms with Crippen molar-refractivity contribution in [1.82, 2.24) is 9.88 Å². The van der Waals surface area contributed by atoms with Crippen LogP contribution in [0.15, 0.2) is 18.3 Å². The summed E-state index contributed by atoms with van der Waals surface area (Å²) in [5.74, 6) is 0.244. The monoisotopic (exact) mass is 274 g/mol. The summed E-state index contributed by atoms with van der Waals surface area (Å²) in [6, 6.07) is 3.87. The molecule has 106 valence electrons. The lowest BCUT2D eigenvalue weighted by molar-refractivity contribution is -0.139. The Morgan fingerprint density at radius 2 is 2.21 bits per heavy atom. The van der Waals surface area contributed by atoms with Crippen molar-refractivity contribution in [3.05, 3.63) is 23.9 Å². The van der Waals surface area contributed by atoms with E-state index in [0.29, 0.717) is 6.04 Å². The van der Waals surface area contributed by atoms with Gasteiger partial charge >= 0.3 is 6.18 Å². The highest BCUT2D eigenvalue weighted by Crippen LogP contribution is 2.30. The second-order valence-corrected chi connectivity index (χ2v) is 4.78. The van der Waals surface area contributed by atoms with Crippen molar-refractivity contribution in [2.24, 2.45) is 0 Å². The summed E-state index contributed by atoms with van der Waals surface area (Å²) < 4.78 is 40.9. The van der Waals surface area contributed by atoms with Gasteiger partial charge in [0.1, 0.15) is 0 Å². The van der Waals surface area contributed by atoms with Crippen LogP contribution in [0.5, 0.6) is 5.88 Å². The molecule has 2 heterocycles. The molecule has 0 N–H and O–H groups in total. The van der Waals surface area contributed by atoms with Gasteiger partial charge in [0.05, 0.1) is 13.0 Å². The average molecular weight is 274 g/mol. The lowest BCUT2D eigenvalue weighted by Gasteiger charge is -2.19. The Bertz CT molecular complexity index is 405. The van der Waals surface area contributed by atoms with Crippen LogP contribution in [0, 0.1) is 0 Å². The first kappa shape index (κ1) is 14.1. The van der Waals surface area contributed by atoms with Gasteiger partial charge in [0.2, 0.25) is 5.88 Å². The Balaban J connectivity index is 1.88. The van der Waals surface area contributed by atoms with E-state index in [1.807, 2.05) is 6.07 Å². The Morgan fingerprint density at radius 3 is 2.74 bits per heavy atom. The minimum Gasteiger partial charge on any atom is -0.477 e. The predicted octanol–water partition coefficient (Wildman–Crippen LogP) is 3.18. The van der Waals surface area contributed by atoms with E-state index in [4.69, 9.17) is 4.74 Å². The van der Waals surface area contributed by atoms with Crippen molar-refractivity contribution >= 4 is 0 Å². The molecule has 0 bridgehead atoms. The lowest BCUT2D eigenvalue weighted by atomic mass is 10.1. The molecule has 0 aliphatic carbocycles. The zero-order valence-electron chi connectivity index (χ0n) is 10.8. The molecular weight excluding hydrogens is 257 g/mol. The van der Waals surface area contributed by atoms with E-state index < -0.39 is 12.6 Å². The van der Waals surface area contributed by atoms with Crippen LogP contribution in [0.1, 0.15) is 30.9 Å². The summed E-state index contributed by atoms with van der Waals surface area (Å²) in [6.07, 6.45) is -1.21. The maximum Gasteiger partial charge on any atom is 0.392 e. The van der Waals surface area contributed by atoms with E-state index in [1.165, 1.54) is 0 Å². The molecule has 3 nitrogen and oxygen atoms in total. The normalized spacial score (nSPS) is 20.7. The summed E-state index contributed by atoms with van der Waals surface area (Å²) >= 11 is 0. The van der Waals surface area contributed by atoms with Crippen LogP contribution in [-0.2, 0) is 0 Å². The number of hydrogen-bond donors (Lipinski definition) is 0. The molecule has 1 saturated heterocycles. The van der Waals surface area contributed by atoms with E-state index >= 15 is 0 Å². The fourth-order valence-corrected chi connectivity index (χ4v) is 2.28. The van der Waals surface area contributed by atoms with Gasteiger partial charge in [-0.1, -0.05) is 6.07 Å². The molecule has 1 unspecified atom stereocenters. The van der Waals surface area contributed by atoms with Gasteiger partial charge < -0.3 is 4.74 Å². The predicted molar refractivity (Wildman–Crippen MR) is 65.0 cm³/mol. The summed E-state index contributed by atoms with van der Waals surface area (Å²) in [5, 5.41) is 0. The van der Waals surface area contributed by atoms with Crippen LogP contribution < -0.4 is 4.74 Å². The molecular formula is C13H17F3N2O. The summed E-state index contributed by atoms with van der Waals surface area (Å²) in [4.78, 5) is 6.31. The van der Waals surface area contributed by atoms with E-state index in [-0.39, 0.29) is 12.5 Å². The Morgan fingerprint density at radius 1 is 1.42 bits per heavy atom. The van der Waals surface area contributed by atoms with E-state index in [2.05, 4.69) is 16.9 Å². The largest absolute Gasteiger partial charge is 0.477 e. The summed E-state index contributed by atoms with van der Waals surface area (Å²) in [5.41, 5.74) is 1.09. The molecule has 1 aromatic heterocycles. The molecule has 1 atom stereocenters. The van der Waals surface area contributed by atoms with Crippen LogP contribution in [0.4, 0.5) is 13.2 Å². The number of nitrogens with zero attached hydrogens (tertiary/aromatic N) is 2. The number of pyridine rings is 1. The third-order valence-electron chi connectivity index (χ3n) is 3.30. The van der Waals surface area contributed by atoms with E-state index in [1.54, 1.807) is 12.3 Å². The molecule has 0 spiro atoms. The average Bonchev–Trinajstić information content (AvgIpc) is 2.75. The van der Waals surface area contributed by atoms with Crippen molar-refractivity contribution in [2.45, 2.75) is 31.5 Å². The Labute approximate surface area is 110 Å². The Kier molecular flexibility index (Phi) is 4.29. The van der Waals surface area contributed by atoms with Crippen LogP contribution in [0.2, 0.25) is 0 Å². The number of alkyl halides is 3. The maximum absolute atomic E-state index is 12.0. The third-order valence-corrected chi connectivity index (χ3v) is 3.30. The zero-order valence-corrected chi connectivity index (χ0v) is 10.8. The van der Waals surface area contributed by atoms with Gasteiger partial charge in [-0.3, -0.25) is 4.90 Å². The second kappa shape index (κ2) is 5.77. The fourth-order valence-electron chi connectivity index (χ4n) is 2.28. The highest BCUT2D eigenvalue weighted by molar-refractivity contribution is 5.21. The first-order valence-electron chi connectivity index (χ1n) is 6.31. The van der Waals surface area contributed by atoms with Crippen LogP contribution >= 0.6 is 0 Å². The number of likely N-dealkylation sites (tertiary alicyclic amines) is 1. The van der Waals surface area contributed by atoms with Crippen LogP contribution in [-0.4, -0.2) is 36.3 Å². The van der Waals surface area contributed by atoms with E-state index in [9.17, 15) is 13.2 Å². The molecule has 2 rings (SSSR count). The lowest BCUT2D eigenvalue weighted by Crippen LogP contribution is -2.17. The van der Waals surface area contributed by atoms with Gasteiger partial charge in [-0.15, -0.1) is 0 Å². The van der Waals surface area contributed by atoms with Gasteiger partial charge in [-0.05, 0) is 32.0 Å². The second-order valence-electron chi connectivity index (χ2n) is 4.78. The van der Waals surface area contributed by atoms with Gasteiger partial charge in [0.25, 0.3) is 0 Å². The Hall–Kier alpha value is -1.30. The number of halogens is 3. The van der Waals surface area contributed by atoms with Crippen molar-refractivity contribution in [3.8, 4) is 5.88 Å². The summed E-state index contributed by atoms with van der Waals surface area (Å²) in [7, 11) is 2.06. The fraction of sp³-hybridized carbons (Fsp3) is 0.615. The van der Waals surface area contributed by atoms with Gasteiger partial charge in [0, 0.05) is 18.3 Å². The molecule has 19 heavy (non-hydrogen) atoms. The first-order chi connectivity index (χ1) is 8.96. The molecule has 1 aliphatic heterocycles. The molecule has 6 heteroatoms. The molecule has 1 aliphatic rings. The molecule has 1 fully saturated rings. The quantitative estimate of drug-likeness (QED) is 0.843. The van der Waals surface area contributed by atoms with Crippen molar-refractivity contribution < 1.29 is 17.9 Å².